The van der Waals surface area contributed by atoms with Crippen LogP contribution in [0.25, 0.3) is 0 Å². The lowest BCUT2D eigenvalue weighted by Gasteiger charge is -2.52. The molecule has 0 aromatic rings. The first-order chi connectivity index (χ1) is 44.7. The molecule has 0 spiro atoms. The highest BCUT2D eigenvalue weighted by atomic mass is 32.3. The van der Waals surface area contributed by atoms with E-state index in [9.17, 15) is 182 Å². The highest BCUT2D eigenvalue weighted by molar-refractivity contribution is 7.84. The summed E-state index contributed by atoms with van der Waals surface area (Å²) < 4.78 is 596. The second-order valence-electron chi connectivity index (χ2n) is 18.1. The number of hydrogen-bond donors (Lipinski definition) is 1. The molecule has 4 saturated heterocycles. The van der Waals surface area contributed by atoms with E-state index >= 15 is 0 Å². The zero-order valence-corrected chi connectivity index (χ0v) is 57.3. The van der Waals surface area contributed by atoms with Crippen LogP contribution in [0.3, 0.4) is 0 Å². The number of ether oxygens (including phenoxy) is 7. The first kappa shape index (κ1) is 91.3. The molecule has 4 aliphatic heterocycles. The zero-order valence-electron chi connectivity index (χ0n) is 45.9. The van der Waals surface area contributed by atoms with Crippen LogP contribution < -0.4 is 4.72 Å². The van der Waals surface area contributed by atoms with E-state index in [4.69, 9.17) is 33.2 Å². The number of nitrogens with one attached hydrogen (secondary N) is 1. The minimum Gasteiger partial charge on any atom is -0.735 e. The monoisotopic (exact) mass is 1770 g/mol. The largest absolute Gasteiger partial charge is 0.735 e. The maximum absolute atomic E-state index is 12.7. The van der Waals surface area contributed by atoms with Gasteiger partial charge < -0.3 is 96.9 Å². The van der Waals surface area contributed by atoms with Gasteiger partial charge in [-0.3, -0.25) is 54.4 Å². The third-order valence-electron chi connectivity index (χ3n) is 11.1. The van der Waals surface area contributed by atoms with Crippen molar-refractivity contribution in [3.8, 4) is 0 Å². The van der Waals surface area contributed by atoms with Gasteiger partial charge >= 0.3 is 0 Å². The molecule has 101 heavy (non-hydrogen) atoms. The van der Waals surface area contributed by atoms with Gasteiger partial charge in [0.2, 0.25) is 135 Å². The van der Waals surface area contributed by atoms with Gasteiger partial charge in [-0.1, -0.05) is 0 Å². The molecule has 4 fully saturated rings. The molecule has 4 rings (SSSR count). The summed E-state index contributed by atoms with van der Waals surface area (Å²) in [4.78, 5) is 0. The molecule has 77 heteroatoms. The van der Waals surface area contributed by atoms with Gasteiger partial charge in [0.05, 0.1) is 26.4 Å². The van der Waals surface area contributed by atoms with E-state index in [1.54, 1.807) is 0 Å². The summed E-state index contributed by atoms with van der Waals surface area (Å²) in [7, 11) is -95.5. The lowest BCUT2D eigenvalue weighted by atomic mass is 9.95. The van der Waals surface area contributed by atoms with Gasteiger partial charge in [-0.2, -0.15) is 4.72 Å². The molecule has 63 nitrogen and oxygen atoms in total. The second kappa shape index (κ2) is 33.0. The number of hydrogen-bond acceptors (Lipinski definition) is 62. The summed E-state index contributed by atoms with van der Waals surface area (Å²) >= 11 is 0. The van der Waals surface area contributed by atoms with Crippen molar-refractivity contribution < 1.29 is 269 Å². The van der Waals surface area contributed by atoms with Gasteiger partial charge in [0.15, 0.2) is 47.5 Å². The SMILES string of the molecule is O=S(=O)([O-])N[C@@H]1O[C@H](COS(=O)(=O)[O-])[C@@H](OS(=O)(=O)[O-])[C@H](OS(=O)(=O)[O-])[C@@H]1O[C@H]1O[C@H](COS(=O)(=O)[O-])[C@@H](OS(=O)(=O)[O-])[C@H](O[C@H]2O[C@H](COS(=O)(=O)[O-])[C@@H](OS(=O)(=O)[O-])[C@H](O[C@H]3O[C@H](COS(=O)(=O)[O-])[C@@H](OS(=O)(=O)[O-])[C@H](OS(=O)(=O)[O-])[C@@H]3OS(=O)(=O)[O-])[C@@H]2OS(=O)(=O)[O-])[C@@H]1OS(=O)(=O)[O-]. The molecular weight excluding hydrogens is 1740 g/mol. The van der Waals surface area contributed by atoms with Crippen molar-refractivity contribution in [1.29, 1.82) is 0 Å². The van der Waals surface area contributed by atoms with E-state index in [0.717, 1.165) is 0 Å². The Kier molecular flexibility index (Phi) is 29.8. The Bertz CT molecular complexity index is 4620. The lowest BCUT2D eigenvalue weighted by Crippen LogP contribution is -2.70. The molecular formula is C24H29NO62S14-14. The summed E-state index contributed by atoms with van der Waals surface area (Å²) in [5.41, 5.74) is 0. The van der Waals surface area contributed by atoms with E-state index in [1.165, 1.54) is 0 Å². The van der Waals surface area contributed by atoms with Crippen molar-refractivity contribution in [2.45, 2.75) is 123 Å². The zero-order chi connectivity index (χ0) is 78.2. The third-order valence-corrected chi connectivity index (χ3v) is 17.5. The maximum atomic E-state index is 12.7. The van der Waals surface area contributed by atoms with E-state index in [-0.39, 0.29) is 0 Å². The minimum atomic E-state index is -7.26. The molecule has 0 unspecified atom stereocenters. The molecule has 600 valence electrons. The molecule has 0 bridgehead atoms. The fourth-order valence-corrected chi connectivity index (χ4v) is 14.5. The first-order valence-corrected chi connectivity index (χ1v) is 41.9. The van der Waals surface area contributed by atoms with Crippen LogP contribution in [-0.2, 0) is 233 Å². The summed E-state index contributed by atoms with van der Waals surface area (Å²) in [6.07, 6.45) is -79.0. The highest BCUT2D eigenvalue weighted by Gasteiger charge is 2.62. The van der Waals surface area contributed by atoms with Crippen LogP contribution in [0.2, 0.25) is 0 Å². The fraction of sp³-hybridized carbons (Fsp3) is 1.00. The Hall–Kier alpha value is -2.10. The van der Waals surface area contributed by atoms with Gasteiger partial charge in [-0.15, -0.1) is 0 Å². The highest BCUT2D eigenvalue weighted by Crippen LogP contribution is 2.42. The Morgan fingerprint density at radius 1 is 0.218 bits per heavy atom. The second-order valence-corrected chi connectivity index (χ2v) is 32.5. The minimum absolute atomic E-state index is 0.651. The molecule has 0 radical (unpaired) electrons. The summed E-state index contributed by atoms with van der Waals surface area (Å²) in [5, 5.41) is 0. The van der Waals surface area contributed by atoms with E-state index in [2.05, 4.69) is 54.4 Å². The van der Waals surface area contributed by atoms with Gasteiger partial charge in [-0.05, 0) is 0 Å². The van der Waals surface area contributed by atoms with Crippen LogP contribution in [0.1, 0.15) is 0 Å². The molecule has 0 saturated carbocycles. The Balaban J connectivity index is 2.30. The predicted octanol–water partition coefficient (Wildman–Crippen LogP) is -17.4. The van der Waals surface area contributed by atoms with Crippen LogP contribution >= 0.6 is 0 Å². The van der Waals surface area contributed by atoms with Crippen LogP contribution in [0.4, 0.5) is 0 Å². The molecule has 0 amide bonds. The Morgan fingerprint density at radius 3 is 0.614 bits per heavy atom. The third kappa shape index (κ3) is 33.5. The molecule has 20 atom stereocenters. The smallest absolute Gasteiger partial charge is 0.218 e. The predicted molar refractivity (Wildman–Crippen MR) is 256 cm³/mol. The molecule has 0 aliphatic carbocycles. The van der Waals surface area contributed by atoms with Gasteiger partial charge in [-0.25, -0.2) is 118 Å². The molecule has 1 N–H and O–H groups in total. The molecule has 4 aliphatic rings. The van der Waals surface area contributed by atoms with E-state index in [0.29, 0.717) is 4.72 Å². The standard InChI is InChI=1S/C24H43NO62S14/c26-88(27,28)25-21-17(15(83-97(53,54)55)11(81-95(47,48)49)5(72-21)1-68-89(29,30)31)78-23-19(86-100(62,63)64)14(10(80-94(44,45)46)7(74-23)3-70-91(35,36)37)76-22-18(85-99(59,60)61)13(9(79-93(41,42)43)6(73-22)2-69-90(32,33)34)77-24-20(87-101(65,66)67)16(84-98(56,57)58)12(82-96(50,51)52)8(75-24)4-71-92(38,39)40/h5-25H,1-4H2,(H,26,27,28)(H,29,30,31)(H,32,33,34)(H,35,36,37)(H,38,39,40)(H,41,42,43)(H,44,45,46)(H,47,48,49)(H,50,51,52)(H,53,54,55)(H,56,57,58)(H,59,60,61)(H,62,63,64)(H,65,66,67)/p-14/t5-,6-,7-,8-,9-,10-,11-,12-,13+,14+,15+,16+,17+,18+,19+,20+,21-,22-,23-,24-/m1/s1. The van der Waals surface area contributed by atoms with Crippen LogP contribution in [0.5, 0.6) is 0 Å². The average molecular weight is 1770 g/mol. The molecule has 0 aromatic heterocycles. The van der Waals surface area contributed by atoms with Crippen molar-refractivity contribution in [3.05, 3.63) is 0 Å². The van der Waals surface area contributed by atoms with Crippen LogP contribution in [0.15, 0.2) is 0 Å². The topological polar surface area (TPSA) is 997 Å². The summed E-state index contributed by atoms with van der Waals surface area (Å²) in [5.74, 6) is 0. The Labute approximate surface area is 565 Å². The van der Waals surface area contributed by atoms with Crippen molar-refractivity contribution in [2.24, 2.45) is 0 Å². The maximum Gasteiger partial charge on any atom is 0.218 e. The normalized spacial score (nSPS) is 32.5. The quantitative estimate of drug-likeness (QED) is 0.0443. The van der Waals surface area contributed by atoms with E-state index in [1.807, 2.05) is 0 Å². The van der Waals surface area contributed by atoms with Crippen LogP contribution in [0, 0.1) is 0 Å². The van der Waals surface area contributed by atoms with Crippen molar-refractivity contribution in [3.63, 3.8) is 0 Å². The van der Waals surface area contributed by atoms with Crippen molar-refractivity contribution >= 4 is 145 Å². The van der Waals surface area contributed by atoms with Crippen LogP contribution in [-0.4, -0.2) is 331 Å². The molecule has 4 heterocycles. The van der Waals surface area contributed by atoms with Crippen molar-refractivity contribution in [1.82, 2.24) is 4.72 Å². The number of rotatable bonds is 38. The molecule has 0 aromatic carbocycles. The summed E-state index contributed by atoms with van der Waals surface area (Å²) in [6.45, 7) is -10.00. The fourth-order valence-electron chi connectivity index (χ4n) is 8.39. The van der Waals surface area contributed by atoms with Gasteiger partial charge in [0.25, 0.3) is 0 Å². The lowest BCUT2D eigenvalue weighted by molar-refractivity contribution is -0.377. The first-order valence-electron chi connectivity index (χ1n) is 23.2. The van der Waals surface area contributed by atoms with Gasteiger partial charge in [0, 0.05) is 0 Å². The van der Waals surface area contributed by atoms with Gasteiger partial charge in [0.1, 0.15) is 85.6 Å². The average Bonchev–Trinajstić information content (AvgIpc) is 0.754. The van der Waals surface area contributed by atoms with E-state index < -0.39 is 295 Å². The Morgan fingerprint density at radius 2 is 0.396 bits per heavy atom. The summed E-state index contributed by atoms with van der Waals surface area (Å²) in [6, 6.07) is 0. The van der Waals surface area contributed by atoms with Crippen molar-refractivity contribution in [2.75, 3.05) is 26.4 Å².